The van der Waals surface area contributed by atoms with Gasteiger partial charge in [-0.15, -0.1) is 0 Å². The van der Waals surface area contributed by atoms with Gasteiger partial charge < -0.3 is 16.4 Å². The SMILES string of the molecule is Nc1cccc(C(=O)N[C@@H]2CS(=O)(=O)C[C@@H]2NC(=O)Cc2ccccc2)n1. The third kappa shape index (κ3) is 5.04. The Balaban J connectivity index is 1.67. The molecule has 0 unspecified atom stereocenters. The van der Waals surface area contributed by atoms with Crippen molar-refractivity contribution in [1.29, 1.82) is 0 Å². The number of pyridine rings is 1. The minimum atomic E-state index is -3.37. The first kappa shape index (κ1) is 18.8. The van der Waals surface area contributed by atoms with Crippen LogP contribution in [0.5, 0.6) is 0 Å². The van der Waals surface area contributed by atoms with E-state index in [2.05, 4.69) is 15.6 Å². The highest BCUT2D eigenvalue weighted by atomic mass is 32.2. The molecule has 1 aromatic heterocycles. The lowest BCUT2D eigenvalue weighted by atomic mass is 10.1. The smallest absolute Gasteiger partial charge is 0.270 e. The average molecular weight is 388 g/mol. The molecule has 0 radical (unpaired) electrons. The Morgan fingerprint density at radius 1 is 1.00 bits per heavy atom. The van der Waals surface area contributed by atoms with Gasteiger partial charge in [0, 0.05) is 0 Å². The lowest BCUT2D eigenvalue weighted by Gasteiger charge is -2.20. The van der Waals surface area contributed by atoms with Gasteiger partial charge in [-0.2, -0.15) is 0 Å². The van der Waals surface area contributed by atoms with E-state index in [1.807, 2.05) is 30.3 Å². The van der Waals surface area contributed by atoms with E-state index < -0.39 is 27.8 Å². The number of sulfone groups is 1. The van der Waals surface area contributed by atoms with Gasteiger partial charge in [-0.05, 0) is 17.7 Å². The van der Waals surface area contributed by atoms with Gasteiger partial charge in [-0.3, -0.25) is 9.59 Å². The third-order valence-corrected chi connectivity index (χ3v) is 5.96. The van der Waals surface area contributed by atoms with Crippen LogP contribution in [0.3, 0.4) is 0 Å². The number of benzene rings is 1. The summed E-state index contributed by atoms with van der Waals surface area (Å²) in [7, 11) is -3.37. The predicted octanol–water partition coefficient (Wildman–Crippen LogP) is -0.0819. The zero-order valence-corrected chi connectivity index (χ0v) is 15.3. The zero-order valence-electron chi connectivity index (χ0n) is 14.5. The quantitative estimate of drug-likeness (QED) is 0.656. The fourth-order valence-electron chi connectivity index (χ4n) is 2.99. The Labute approximate surface area is 157 Å². The van der Waals surface area contributed by atoms with Crippen molar-refractivity contribution in [3.63, 3.8) is 0 Å². The number of anilines is 1. The molecular formula is C18H20N4O4S. The monoisotopic (exact) mass is 388 g/mol. The van der Waals surface area contributed by atoms with Crippen LogP contribution < -0.4 is 16.4 Å². The van der Waals surface area contributed by atoms with Crippen molar-refractivity contribution in [3.8, 4) is 0 Å². The molecule has 0 saturated carbocycles. The van der Waals surface area contributed by atoms with Crippen molar-refractivity contribution in [2.24, 2.45) is 0 Å². The van der Waals surface area contributed by atoms with Gasteiger partial charge >= 0.3 is 0 Å². The molecule has 27 heavy (non-hydrogen) atoms. The van der Waals surface area contributed by atoms with E-state index in [4.69, 9.17) is 5.73 Å². The molecule has 8 nitrogen and oxygen atoms in total. The van der Waals surface area contributed by atoms with Crippen LogP contribution >= 0.6 is 0 Å². The summed E-state index contributed by atoms with van der Waals surface area (Å²) in [5.41, 5.74) is 6.48. The van der Waals surface area contributed by atoms with Crippen molar-refractivity contribution in [3.05, 3.63) is 59.8 Å². The second-order valence-electron chi connectivity index (χ2n) is 6.44. The second-order valence-corrected chi connectivity index (χ2v) is 8.59. The standard InChI is InChI=1S/C18H20N4O4S/c19-16-8-4-7-13(20-16)18(24)22-15-11-27(25,26)10-14(15)21-17(23)9-12-5-2-1-3-6-12/h1-8,14-15H,9-11H2,(H2,19,20)(H,21,23)(H,22,24)/t14-,15+/m0/s1. The van der Waals surface area contributed by atoms with Crippen LogP contribution in [0.4, 0.5) is 5.82 Å². The van der Waals surface area contributed by atoms with Crippen LogP contribution in [0.15, 0.2) is 48.5 Å². The van der Waals surface area contributed by atoms with Crippen molar-refractivity contribution in [1.82, 2.24) is 15.6 Å². The maximum absolute atomic E-state index is 12.3. The molecule has 0 bridgehead atoms. The molecular weight excluding hydrogens is 368 g/mol. The first-order chi connectivity index (χ1) is 12.8. The summed E-state index contributed by atoms with van der Waals surface area (Å²) in [5, 5.41) is 5.37. The van der Waals surface area contributed by atoms with E-state index in [9.17, 15) is 18.0 Å². The van der Waals surface area contributed by atoms with E-state index in [0.717, 1.165) is 5.56 Å². The van der Waals surface area contributed by atoms with Crippen LogP contribution in [-0.4, -0.2) is 48.8 Å². The molecule has 1 aliphatic rings. The summed E-state index contributed by atoms with van der Waals surface area (Å²) in [6, 6.07) is 12.3. The lowest BCUT2D eigenvalue weighted by Crippen LogP contribution is -2.51. The molecule has 3 rings (SSSR count). The largest absolute Gasteiger partial charge is 0.384 e. The normalized spacial score (nSPS) is 20.7. The van der Waals surface area contributed by atoms with Gasteiger partial charge in [0.15, 0.2) is 9.84 Å². The number of hydrogen-bond acceptors (Lipinski definition) is 6. The molecule has 9 heteroatoms. The zero-order chi connectivity index (χ0) is 19.4. The molecule has 1 fully saturated rings. The fourth-order valence-corrected chi connectivity index (χ4v) is 4.85. The summed E-state index contributed by atoms with van der Waals surface area (Å²) in [6.45, 7) is 0. The number of aromatic nitrogens is 1. The maximum Gasteiger partial charge on any atom is 0.270 e. The molecule has 2 amide bonds. The predicted molar refractivity (Wildman–Crippen MR) is 101 cm³/mol. The Kier molecular flexibility index (Phi) is 5.41. The molecule has 0 aliphatic carbocycles. The second kappa shape index (κ2) is 7.75. The van der Waals surface area contributed by atoms with Gasteiger partial charge in [-0.1, -0.05) is 36.4 Å². The Hall–Kier alpha value is -2.94. The molecule has 1 aromatic carbocycles. The number of nitrogens with one attached hydrogen (secondary N) is 2. The van der Waals surface area contributed by atoms with Gasteiger partial charge in [0.2, 0.25) is 5.91 Å². The number of rotatable bonds is 5. The van der Waals surface area contributed by atoms with Crippen LogP contribution in [-0.2, 0) is 21.1 Å². The molecule has 2 atom stereocenters. The van der Waals surface area contributed by atoms with E-state index in [1.165, 1.54) is 6.07 Å². The number of carbonyl (C=O) groups excluding carboxylic acids is 2. The highest BCUT2D eigenvalue weighted by Crippen LogP contribution is 2.14. The van der Waals surface area contributed by atoms with E-state index in [1.54, 1.807) is 12.1 Å². The Bertz CT molecular complexity index is 947. The summed E-state index contributed by atoms with van der Waals surface area (Å²) in [5.74, 6) is -1.11. The molecule has 2 aromatic rings. The molecule has 1 aliphatic heterocycles. The fraction of sp³-hybridized carbons (Fsp3) is 0.278. The number of nitrogen functional groups attached to an aromatic ring is 1. The van der Waals surface area contributed by atoms with Crippen molar-refractivity contribution < 1.29 is 18.0 Å². The van der Waals surface area contributed by atoms with Crippen molar-refractivity contribution >= 4 is 27.5 Å². The minimum Gasteiger partial charge on any atom is -0.384 e. The van der Waals surface area contributed by atoms with Crippen LogP contribution in [0.25, 0.3) is 0 Å². The van der Waals surface area contributed by atoms with Gasteiger partial charge in [0.05, 0.1) is 30.0 Å². The Morgan fingerprint density at radius 2 is 1.67 bits per heavy atom. The summed E-state index contributed by atoms with van der Waals surface area (Å²) < 4.78 is 24.1. The van der Waals surface area contributed by atoms with E-state index >= 15 is 0 Å². The summed E-state index contributed by atoms with van der Waals surface area (Å²) in [4.78, 5) is 28.5. The topological polar surface area (TPSA) is 131 Å². The first-order valence-corrected chi connectivity index (χ1v) is 10.2. The number of hydrogen-bond donors (Lipinski definition) is 3. The van der Waals surface area contributed by atoms with E-state index in [-0.39, 0.29) is 35.3 Å². The first-order valence-electron chi connectivity index (χ1n) is 8.39. The van der Waals surface area contributed by atoms with Gasteiger partial charge in [-0.25, -0.2) is 13.4 Å². The number of amides is 2. The Morgan fingerprint density at radius 3 is 2.33 bits per heavy atom. The molecule has 142 valence electrons. The highest BCUT2D eigenvalue weighted by molar-refractivity contribution is 7.91. The lowest BCUT2D eigenvalue weighted by molar-refractivity contribution is -0.121. The molecule has 1 saturated heterocycles. The van der Waals surface area contributed by atoms with Crippen LogP contribution in [0.2, 0.25) is 0 Å². The average Bonchev–Trinajstić information content (AvgIpc) is 2.88. The van der Waals surface area contributed by atoms with Gasteiger partial charge in [0.25, 0.3) is 5.91 Å². The van der Waals surface area contributed by atoms with Crippen molar-refractivity contribution in [2.45, 2.75) is 18.5 Å². The molecule has 2 heterocycles. The third-order valence-electron chi connectivity index (χ3n) is 4.23. The number of nitrogens with two attached hydrogens (primary N) is 1. The van der Waals surface area contributed by atoms with Crippen molar-refractivity contribution in [2.75, 3.05) is 17.2 Å². The number of carbonyl (C=O) groups is 2. The molecule has 4 N–H and O–H groups in total. The minimum absolute atomic E-state index is 0.0914. The maximum atomic E-state index is 12.3. The summed E-state index contributed by atoms with van der Waals surface area (Å²) in [6.07, 6.45) is 0.134. The molecule has 0 spiro atoms. The highest BCUT2D eigenvalue weighted by Gasteiger charge is 2.39. The van der Waals surface area contributed by atoms with Crippen LogP contribution in [0, 0.1) is 0 Å². The number of nitrogens with zero attached hydrogens (tertiary/aromatic N) is 1. The van der Waals surface area contributed by atoms with E-state index in [0.29, 0.717) is 0 Å². The summed E-state index contributed by atoms with van der Waals surface area (Å²) >= 11 is 0. The van der Waals surface area contributed by atoms with Gasteiger partial charge in [0.1, 0.15) is 11.5 Å². The van der Waals surface area contributed by atoms with Crippen LogP contribution in [0.1, 0.15) is 16.1 Å².